The van der Waals surface area contributed by atoms with Gasteiger partial charge in [0.15, 0.2) is 6.10 Å². The predicted molar refractivity (Wildman–Crippen MR) is 361 cm³/mol. The quantitative estimate of drug-likeness (QED) is 0.0261. The fourth-order valence-corrected chi connectivity index (χ4v) is 8.05. The van der Waals surface area contributed by atoms with Gasteiger partial charge in [-0.3, -0.25) is 14.4 Å². The maximum atomic E-state index is 12.9. The molecule has 0 rings (SSSR count). The second-order valence-corrected chi connectivity index (χ2v) is 20.5. The largest absolute Gasteiger partial charge is 0.462 e. The van der Waals surface area contributed by atoms with Crippen molar-refractivity contribution in [3.63, 3.8) is 0 Å². The van der Waals surface area contributed by atoms with E-state index >= 15 is 0 Å². The normalized spacial score (nSPS) is 13.5. The lowest BCUT2D eigenvalue weighted by Crippen LogP contribution is -2.30. The SMILES string of the molecule is CC/C=C\C/C=C\C/C=C\C/C=C\C/C=C\C/C=C\CCCCCCCCCCCCC(=O)OCC(COC(=O)C/C=C\C/C=C\C/C=C\C/C=C\C/C=C\CC)OC(=O)CCCC/C=C\C/C=C\C/C=C\C/C=C\C/C=C\C/C=C\CC. The van der Waals surface area contributed by atoms with Crippen molar-refractivity contribution in [3.05, 3.63) is 207 Å². The van der Waals surface area contributed by atoms with Crippen molar-refractivity contribution < 1.29 is 28.6 Å². The fraction of sp³-hybridized carbons (Fsp3) is 0.519. The van der Waals surface area contributed by atoms with Gasteiger partial charge < -0.3 is 14.2 Å². The molecule has 1 unspecified atom stereocenters. The zero-order valence-electron chi connectivity index (χ0n) is 52.6. The van der Waals surface area contributed by atoms with Crippen LogP contribution in [0, 0.1) is 0 Å². The zero-order valence-corrected chi connectivity index (χ0v) is 52.6. The van der Waals surface area contributed by atoms with E-state index in [0.717, 1.165) is 141 Å². The Bertz CT molecular complexity index is 2030. The minimum Gasteiger partial charge on any atom is -0.462 e. The molecule has 0 saturated carbocycles. The summed E-state index contributed by atoms with van der Waals surface area (Å²) in [4.78, 5) is 38.3. The highest BCUT2D eigenvalue weighted by molar-refractivity contribution is 5.72. The van der Waals surface area contributed by atoms with Gasteiger partial charge in [0.1, 0.15) is 13.2 Å². The average molecular weight is 1140 g/mol. The molecule has 0 aliphatic heterocycles. The van der Waals surface area contributed by atoms with Gasteiger partial charge in [0, 0.05) is 12.8 Å². The molecule has 0 N–H and O–H groups in total. The van der Waals surface area contributed by atoms with Gasteiger partial charge in [-0.15, -0.1) is 0 Å². The number of hydrogen-bond acceptors (Lipinski definition) is 6. The maximum Gasteiger partial charge on any atom is 0.309 e. The van der Waals surface area contributed by atoms with Crippen molar-refractivity contribution in [2.75, 3.05) is 13.2 Å². The summed E-state index contributed by atoms with van der Waals surface area (Å²) in [5, 5.41) is 0. The Morgan fingerprint density at radius 1 is 0.253 bits per heavy atom. The summed E-state index contributed by atoms with van der Waals surface area (Å²) < 4.78 is 16.8. The number of unbranched alkanes of at least 4 members (excludes halogenated alkanes) is 12. The number of carbonyl (C=O) groups is 3. The summed E-state index contributed by atoms with van der Waals surface area (Å²) in [5.41, 5.74) is 0. The molecule has 0 amide bonds. The Hall–Kier alpha value is -6.01. The van der Waals surface area contributed by atoms with Crippen LogP contribution in [0.1, 0.15) is 239 Å². The molecule has 0 aromatic heterocycles. The van der Waals surface area contributed by atoms with Crippen molar-refractivity contribution in [1.82, 2.24) is 0 Å². The number of esters is 3. The molecule has 6 heteroatoms. The van der Waals surface area contributed by atoms with Gasteiger partial charge in [0.05, 0.1) is 6.42 Å². The summed E-state index contributed by atoms with van der Waals surface area (Å²) in [7, 11) is 0. The highest BCUT2D eigenvalue weighted by atomic mass is 16.6. The summed E-state index contributed by atoms with van der Waals surface area (Å²) in [6.07, 6.45) is 106. The van der Waals surface area contributed by atoms with Crippen molar-refractivity contribution in [2.24, 2.45) is 0 Å². The predicted octanol–water partition coefficient (Wildman–Crippen LogP) is 22.8. The van der Waals surface area contributed by atoms with E-state index in [-0.39, 0.29) is 38.0 Å². The molecule has 0 radical (unpaired) electrons. The van der Waals surface area contributed by atoms with Gasteiger partial charge in [-0.2, -0.15) is 0 Å². The van der Waals surface area contributed by atoms with E-state index in [2.05, 4.69) is 215 Å². The fourth-order valence-electron chi connectivity index (χ4n) is 8.05. The van der Waals surface area contributed by atoms with Crippen molar-refractivity contribution >= 4 is 17.9 Å². The minimum atomic E-state index is -0.858. The Labute approximate surface area is 509 Å². The first-order chi connectivity index (χ1) is 41.0. The van der Waals surface area contributed by atoms with Crippen LogP contribution >= 0.6 is 0 Å². The van der Waals surface area contributed by atoms with E-state index in [1.165, 1.54) is 44.9 Å². The van der Waals surface area contributed by atoms with Crippen LogP contribution in [0.2, 0.25) is 0 Å². The van der Waals surface area contributed by atoms with Crippen LogP contribution in [-0.2, 0) is 28.6 Å². The van der Waals surface area contributed by atoms with Gasteiger partial charge in [-0.05, 0) is 148 Å². The molecule has 6 nitrogen and oxygen atoms in total. The third kappa shape index (κ3) is 66.7. The second kappa shape index (κ2) is 68.5. The van der Waals surface area contributed by atoms with Crippen LogP contribution in [0.15, 0.2) is 207 Å². The van der Waals surface area contributed by atoms with Gasteiger partial charge in [0.2, 0.25) is 0 Å². The number of hydrogen-bond donors (Lipinski definition) is 0. The molecule has 0 saturated heterocycles. The van der Waals surface area contributed by atoms with Gasteiger partial charge in [-0.25, -0.2) is 0 Å². The molecule has 0 heterocycles. The lowest BCUT2D eigenvalue weighted by Gasteiger charge is -2.18. The van der Waals surface area contributed by atoms with Crippen LogP contribution in [-0.4, -0.2) is 37.2 Å². The van der Waals surface area contributed by atoms with Crippen molar-refractivity contribution in [2.45, 2.75) is 245 Å². The van der Waals surface area contributed by atoms with E-state index in [1.807, 2.05) is 6.08 Å². The second-order valence-electron chi connectivity index (χ2n) is 20.5. The Morgan fingerprint density at radius 3 is 0.807 bits per heavy atom. The number of rotatable bonds is 56. The summed E-state index contributed by atoms with van der Waals surface area (Å²) in [6.45, 7) is 6.15. The molecule has 83 heavy (non-hydrogen) atoms. The highest BCUT2D eigenvalue weighted by Crippen LogP contribution is 2.14. The smallest absolute Gasteiger partial charge is 0.309 e. The standard InChI is InChI=1S/C77H116O6/c1-4-7-10-13-16-19-22-25-28-30-32-34-35-36-37-38-39-40-41-43-44-46-49-52-55-58-61-64-67-70-76(79)82-73-74(72-81-75(78)69-66-63-60-57-54-51-48-27-24-21-18-15-12-9-6-3)83-77(80)71-68-65-62-59-56-53-50-47-45-42-33-31-29-26-23-20-17-14-11-8-5-2/h7-12,16-21,25-29,32-34,36-37,39-40,42,47-48,50,54,56-57,59,63,66,74H,4-6,13-15,22-24,30-31,35,38,41,43-46,49,51-53,55,58,60-62,64-65,67-73H2,1-3H3/b10-7-,11-8-,12-9-,19-16-,20-17-,21-18-,28-25-,29-26-,34-32-,37-36-,40-39-,42-33-,48-27-,50-47-,57-54-,59-56-,66-63-. The van der Waals surface area contributed by atoms with E-state index in [9.17, 15) is 14.4 Å². The maximum absolute atomic E-state index is 12.9. The lowest BCUT2D eigenvalue weighted by molar-refractivity contribution is -0.166. The first-order valence-corrected chi connectivity index (χ1v) is 32.6. The summed E-state index contributed by atoms with van der Waals surface area (Å²) in [5.74, 6) is -1.13. The molecule has 0 aromatic carbocycles. The van der Waals surface area contributed by atoms with Gasteiger partial charge >= 0.3 is 17.9 Å². The third-order valence-electron chi connectivity index (χ3n) is 12.8. The molecule has 0 bridgehead atoms. The number of carbonyl (C=O) groups excluding carboxylic acids is 3. The van der Waals surface area contributed by atoms with Crippen LogP contribution in [0.5, 0.6) is 0 Å². The van der Waals surface area contributed by atoms with Gasteiger partial charge in [-0.1, -0.05) is 279 Å². The molecule has 0 aliphatic carbocycles. The summed E-state index contributed by atoms with van der Waals surface area (Å²) in [6, 6.07) is 0. The van der Waals surface area contributed by atoms with Crippen LogP contribution in [0.3, 0.4) is 0 Å². The minimum absolute atomic E-state index is 0.105. The summed E-state index contributed by atoms with van der Waals surface area (Å²) >= 11 is 0. The molecule has 1 atom stereocenters. The Kier molecular flexibility index (Phi) is 63.5. The molecular formula is C77H116O6. The molecule has 460 valence electrons. The molecule has 0 spiro atoms. The topological polar surface area (TPSA) is 78.9 Å². The van der Waals surface area contributed by atoms with E-state index < -0.39 is 12.1 Å². The highest BCUT2D eigenvalue weighted by Gasteiger charge is 2.19. The Morgan fingerprint density at radius 2 is 0.482 bits per heavy atom. The van der Waals surface area contributed by atoms with Crippen molar-refractivity contribution in [3.8, 4) is 0 Å². The first kappa shape index (κ1) is 77.0. The molecule has 0 aliphatic rings. The molecule has 0 fully saturated rings. The number of allylic oxidation sites excluding steroid dienone is 33. The van der Waals surface area contributed by atoms with Crippen molar-refractivity contribution in [1.29, 1.82) is 0 Å². The monoisotopic (exact) mass is 1140 g/mol. The van der Waals surface area contributed by atoms with Gasteiger partial charge in [0.25, 0.3) is 0 Å². The number of ether oxygens (including phenoxy) is 3. The zero-order chi connectivity index (χ0) is 59.9. The Balaban J connectivity index is 4.51. The molecule has 0 aromatic rings. The molecular weight excluding hydrogens is 1020 g/mol. The van der Waals surface area contributed by atoms with E-state index in [0.29, 0.717) is 19.3 Å². The van der Waals surface area contributed by atoms with Crippen LogP contribution < -0.4 is 0 Å². The third-order valence-corrected chi connectivity index (χ3v) is 12.8. The van der Waals surface area contributed by atoms with Crippen LogP contribution in [0.4, 0.5) is 0 Å². The average Bonchev–Trinajstić information content (AvgIpc) is 3.49. The first-order valence-electron chi connectivity index (χ1n) is 32.6. The van der Waals surface area contributed by atoms with E-state index in [4.69, 9.17) is 14.2 Å². The lowest BCUT2D eigenvalue weighted by atomic mass is 10.1. The van der Waals surface area contributed by atoms with Crippen LogP contribution in [0.25, 0.3) is 0 Å². The van der Waals surface area contributed by atoms with E-state index in [1.54, 1.807) is 6.08 Å².